The molecule has 0 aromatic rings. The van der Waals surface area contributed by atoms with Crippen molar-refractivity contribution in [1.82, 2.24) is 15.8 Å². The lowest BCUT2D eigenvalue weighted by Gasteiger charge is -2.23. The van der Waals surface area contributed by atoms with E-state index < -0.39 is 33.5 Å². The van der Waals surface area contributed by atoms with Crippen LogP contribution in [0, 0.1) is 5.92 Å². The average molecular weight is 289 g/mol. The Labute approximate surface area is 110 Å². The predicted molar refractivity (Wildman–Crippen MR) is 64.2 cm³/mol. The molecule has 2 aliphatic heterocycles. The Bertz CT molecular complexity index is 513. The van der Waals surface area contributed by atoms with E-state index in [0.717, 1.165) is 0 Å². The van der Waals surface area contributed by atoms with Crippen LogP contribution in [0.4, 0.5) is 0 Å². The molecule has 2 rings (SSSR count). The molecule has 1 atom stereocenters. The molecule has 0 aromatic heterocycles. The van der Waals surface area contributed by atoms with Crippen LogP contribution >= 0.6 is 0 Å². The smallest absolute Gasteiger partial charge is 0.251 e. The minimum absolute atomic E-state index is 0.0572. The summed E-state index contributed by atoms with van der Waals surface area (Å²) in [7, 11) is -1.58. The molecule has 106 valence electrons. The van der Waals surface area contributed by atoms with Crippen molar-refractivity contribution in [3.05, 3.63) is 0 Å². The maximum absolute atomic E-state index is 12.0. The lowest BCUT2D eigenvalue weighted by atomic mass is 10.0. The summed E-state index contributed by atoms with van der Waals surface area (Å²) in [4.78, 5) is 35.9. The number of hydrogen-bond donors (Lipinski definition) is 2. The first-order valence-electron chi connectivity index (χ1n) is 5.86. The summed E-state index contributed by atoms with van der Waals surface area (Å²) >= 11 is 0. The van der Waals surface area contributed by atoms with Gasteiger partial charge in [0.05, 0.1) is 11.5 Å². The minimum atomic E-state index is -3.08. The highest BCUT2D eigenvalue weighted by Gasteiger charge is 2.38. The van der Waals surface area contributed by atoms with Gasteiger partial charge in [0.1, 0.15) is 5.92 Å². The van der Waals surface area contributed by atoms with Crippen molar-refractivity contribution >= 4 is 27.6 Å². The van der Waals surface area contributed by atoms with Gasteiger partial charge in [-0.15, -0.1) is 0 Å². The topological polar surface area (TPSA) is 113 Å². The molecule has 0 saturated carbocycles. The number of carbonyl (C=O) groups is 3. The summed E-state index contributed by atoms with van der Waals surface area (Å²) in [5, 5.41) is 0. The van der Waals surface area contributed by atoms with Gasteiger partial charge in [-0.25, -0.2) is 8.42 Å². The molecule has 19 heavy (non-hydrogen) atoms. The van der Waals surface area contributed by atoms with Crippen molar-refractivity contribution in [3.8, 4) is 0 Å². The molecule has 9 heteroatoms. The van der Waals surface area contributed by atoms with E-state index in [1.165, 1.54) is 11.9 Å². The Morgan fingerprint density at radius 1 is 1.32 bits per heavy atom. The third-order valence-electron chi connectivity index (χ3n) is 3.47. The maximum Gasteiger partial charge on any atom is 0.251 e. The van der Waals surface area contributed by atoms with E-state index in [9.17, 15) is 22.8 Å². The summed E-state index contributed by atoms with van der Waals surface area (Å²) in [6.45, 7) is 0. The number of hydrogen-bond acceptors (Lipinski definition) is 5. The summed E-state index contributed by atoms with van der Waals surface area (Å²) in [5.41, 5.74) is 4.28. The first kappa shape index (κ1) is 13.8. The molecular formula is C10H15N3O5S. The van der Waals surface area contributed by atoms with Gasteiger partial charge in [-0.1, -0.05) is 0 Å². The zero-order chi connectivity index (χ0) is 14.2. The van der Waals surface area contributed by atoms with Crippen LogP contribution in [0.15, 0.2) is 0 Å². The highest BCUT2D eigenvalue weighted by molar-refractivity contribution is 7.91. The fourth-order valence-corrected chi connectivity index (χ4v) is 3.98. The van der Waals surface area contributed by atoms with Gasteiger partial charge < -0.3 is 4.90 Å². The summed E-state index contributed by atoms with van der Waals surface area (Å²) in [6.07, 6.45) is 0.151. The van der Waals surface area contributed by atoms with Crippen LogP contribution in [0.5, 0.6) is 0 Å². The molecule has 2 aliphatic rings. The molecule has 2 fully saturated rings. The zero-order valence-electron chi connectivity index (χ0n) is 10.4. The van der Waals surface area contributed by atoms with Crippen LogP contribution in [0.25, 0.3) is 0 Å². The standard InChI is InChI=1S/C10H15N3O5S/c1-13(6-2-3-19(17,18)5-6)8(14)4-7-9(15)11-12-10(7)16/h6-7H,2-5H2,1H3,(H,11,15)(H,12,16). The minimum Gasteiger partial charge on any atom is -0.342 e. The highest BCUT2D eigenvalue weighted by atomic mass is 32.2. The monoisotopic (exact) mass is 289 g/mol. The van der Waals surface area contributed by atoms with E-state index in [1.54, 1.807) is 0 Å². The molecule has 2 saturated heterocycles. The summed E-state index contributed by atoms with van der Waals surface area (Å²) in [5.74, 6) is -2.50. The van der Waals surface area contributed by atoms with E-state index in [1.807, 2.05) is 0 Å². The molecule has 0 aromatic carbocycles. The number of sulfone groups is 1. The molecule has 0 spiro atoms. The maximum atomic E-state index is 12.0. The molecule has 3 amide bonds. The van der Waals surface area contributed by atoms with Crippen LogP contribution in [0.3, 0.4) is 0 Å². The number of amides is 3. The second kappa shape index (κ2) is 4.80. The van der Waals surface area contributed by atoms with Gasteiger partial charge in [0.15, 0.2) is 9.84 Å². The summed E-state index contributed by atoms with van der Waals surface area (Å²) in [6, 6.07) is -0.370. The van der Waals surface area contributed by atoms with E-state index in [-0.39, 0.29) is 24.0 Å². The van der Waals surface area contributed by atoms with Crippen LogP contribution in [-0.4, -0.2) is 55.6 Å². The van der Waals surface area contributed by atoms with Crippen molar-refractivity contribution in [2.75, 3.05) is 18.6 Å². The number of nitrogens with zero attached hydrogens (tertiary/aromatic N) is 1. The molecule has 2 N–H and O–H groups in total. The fourth-order valence-electron chi connectivity index (χ4n) is 2.20. The average Bonchev–Trinajstić information content (AvgIpc) is 2.84. The van der Waals surface area contributed by atoms with Gasteiger partial charge in [-0.2, -0.15) is 0 Å². The van der Waals surface area contributed by atoms with E-state index in [4.69, 9.17) is 0 Å². The van der Waals surface area contributed by atoms with Crippen molar-refractivity contribution in [1.29, 1.82) is 0 Å². The lowest BCUT2D eigenvalue weighted by molar-refractivity contribution is -0.138. The van der Waals surface area contributed by atoms with E-state index >= 15 is 0 Å². The van der Waals surface area contributed by atoms with E-state index in [0.29, 0.717) is 6.42 Å². The third-order valence-corrected chi connectivity index (χ3v) is 5.22. The normalized spacial score (nSPS) is 26.1. The molecule has 8 nitrogen and oxygen atoms in total. The van der Waals surface area contributed by atoms with Gasteiger partial charge in [0.2, 0.25) is 5.91 Å². The first-order valence-corrected chi connectivity index (χ1v) is 7.68. The predicted octanol–water partition coefficient (Wildman–Crippen LogP) is -2.20. The quantitative estimate of drug-likeness (QED) is 0.572. The Balaban J connectivity index is 1.97. The summed E-state index contributed by atoms with van der Waals surface area (Å²) < 4.78 is 22.7. The number of rotatable bonds is 3. The largest absolute Gasteiger partial charge is 0.342 e. The Morgan fingerprint density at radius 2 is 1.89 bits per heavy atom. The van der Waals surface area contributed by atoms with Crippen molar-refractivity contribution < 1.29 is 22.8 Å². The van der Waals surface area contributed by atoms with Crippen molar-refractivity contribution in [2.45, 2.75) is 18.9 Å². The molecular weight excluding hydrogens is 274 g/mol. The van der Waals surface area contributed by atoms with Crippen molar-refractivity contribution in [2.24, 2.45) is 5.92 Å². The zero-order valence-corrected chi connectivity index (χ0v) is 11.2. The first-order chi connectivity index (χ1) is 8.80. The SMILES string of the molecule is CN(C(=O)CC1C(=O)NNC1=O)C1CCS(=O)(=O)C1. The highest BCUT2D eigenvalue weighted by Crippen LogP contribution is 2.19. The van der Waals surface area contributed by atoms with Gasteiger partial charge in [0, 0.05) is 19.5 Å². The Morgan fingerprint density at radius 3 is 2.37 bits per heavy atom. The van der Waals surface area contributed by atoms with Gasteiger partial charge >= 0.3 is 0 Å². The number of hydrazine groups is 1. The van der Waals surface area contributed by atoms with Gasteiger partial charge in [-0.3, -0.25) is 25.2 Å². The second-order valence-corrected chi connectivity index (χ2v) is 7.03. The molecule has 0 bridgehead atoms. The van der Waals surface area contributed by atoms with E-state index in [2.05, 4.69) is 10.9 Å². The van der Waals surface area contributed by atoms with Crippen LogP contribution in [-0.2, 0) is 24.2 Å². The number of carbonyl (C=O) groups excluding carboxylic acids is 3. The van der Waals surface area contributed by atoms with Gasteiger partial charge in [0.25, 0.3) is 11.8 Å². The molecule has 0 radical (unpaired) electrons. The molecule has 0 aliphatic carbocycles. The molecule has 2 heterocycles. The van der Waals surface area contributed by atoms with Crippen molar-refractivity contribution in [3.63, 3.8) is 0 Å². The fraction of sp³-hybridized carbons (Fsp3) is 0.700. The van der Waals surface area contributed by atoms with Gasteiger partial charge in [-0.05, 0) is 6.42 Å². The number of nitrogens with one attached hydrogen (secondary N) is 2. The van der Waals surface area contributed by atoms with Crippen LogP contribution in [0.1, 0.15) is 12.8 Å². The second-order valence-electron chi connectivity index (χ2n) is 4.80. The Hall–Kier alpha value is -1.64. The lowest BCUT2D eigenvalue weighted by Crippen LogP contribution is -2.40. The van der Waals surface area contributed by atoms with Crippen LogP contribution < -0.4 is 10.9 Å². The Kier molecular flexibility index (Phi) is 3.48. The molecule has 1 unspecified atom stereocenters. The third kappa shape index (κ3) is 2.86. The van der Waals surface area contributed by atoms with Crippen LogP contribution in [0.2, 0.25) is 0 Å².